The summed E-state index contributed by atoms with van der Waals surface area (Å²) in [5.41, 5.74) is 6.23. The lowest BCUT2D eigenvalue weighted by molar-refractivity contribution is -0.125. The molecule has 1 aliphatic heterocycles. The van der Waals surface area contributed by atoms with Crippen LogP contribution in [0.2, 0.25) is 0 Å². The lowest BCUT2D eigenvalue weighted by Gasteiger charge is -2.24. The molecule has 6 heteroatoms. The highest BCUT2D eigenvalue weighted by atomic mass is 16.2. The third-order valence-electron chi connectivity index (χ3n) is 3.72. The molecule has 6 nitrogen and oxygen atoms in total. The normalized spacial score (nSPS) is 16.6. The number of imide groups is 1. The van der Waals surface area contributed by atoms with Gasteiger partial charge in [-0.2, -0.15) is 0 Å². The molecule has 1 aromatic carbocycles. The van der Waals surface area contributed by atoms with Crippen LogP contribution in [0.4, 0.5) is 0 Å². The number of hydrogen-bond acceptors (Lipinski definition) is 4. The Morgan fingerprint density at radius 1 is 1.24 bits per heavy atom. The van der Waals surface area contributed by atoms with Crippen LogP contribution in [-0.4, -0.2) is 41.2 Å². The Kier molecular flexibility index (Phi) is 4.37. The molecular formula is C15H19N3O3. The van der Waals surface area contributed by atoms with E-state index in [1.165, 1.54) is 0 Å². The summed E-state index contributed by atoms with van der Waals surface area (Å²) >= 11 is 0. The first-order valence-electron chi connectivity index (χ1n) is 6.98. The van der Waals surface area contributed by atoms with Crippen LogP contribution in [0.5, 0.6) is 0 Å². The summed E-state index contributed by atoms with van der Waals surface area (Å²) in [4.78, 5) is 37.7. The molecule has 3 N–H and O–H groups in total. The van der Waals surface area contributed by atoms with Gasteiger partial charge in [-0.1, -0.05) is 19.1 Å². The smallest absolute Gasteiger partial charge is 0.262 e. The molecule has 1 aliphatic rings. The number of nitrogens with one attached hydrogen (secondary N) is 1. The second-order valence-corrected chi connectivity index (χ2v) is 5.05. The van der Waals surface area contributed by atoms with Crippen LogP contribution < -0.4 is 11.1 Å². The number of hydrogen-bond donors (Lipinski definition) is 2. The van der Waals surface area contributed by atoms with Crippen LogP contribution in [0.15, 0.2) is 24.3 Å². The second-order valence-electron chi connectivity index (χ2n) is 5.05. The van der Waals surface area contributed by atoms with Gasteiger partial charge in [0, 0.05) is 12.6 Å². The molecular weight excluding hydrogens is 270 g/mol. The molecule has 112 valence electrons. The molecule has 0 saturated carbocycles. The van der Waals surface area contributed by atoms with Gasteiger partial charge < -0.3 is 11.1 Å². The monoisotopic (exact) mass is 289 g/mol. The molecule has 0 spiro atoms. The van der Waals surface area contributed by atoms with Gasteiger partial charge >= 0.3 is 0 Å². The number of nitrogens with zero attached hydrogens (tertiary/aromatic N) is 1. The Morgan fingerprint density at radius 3 is 2.19 bits per heavy atom. The van der Waals surface area contributed by atoms with Crippen molar-refractivity contribution in [3.05, 3.63) is 35.4 Å². The highest BCUT2D eigenvalue weighted by Crippen LogP contribution is 2.24. The van der Waals surface area contributed by atoms with Gasteiger partial charge in [0.25, 0.3) is 11.8 Å². The van der Waals surface area contributed by atoms with Crippen molar-refractivity contribution >= 4 is 17.7 Å². The van der Waals surface area contributed by atoms with Gasteiger partial charge in [-0.15, -0.1) is 0 Å². The van der Waals surface area contributed by atoms with Crippen molar-refractivity contribution in [1.82, 2.24) is 10.2 Å². The van der Waals surface area contributed by atoms with Gasteiger partial charge in [-0.05, 0) is 25.5 Å². The van der Waals surface area contributed by atoms with Crippen LogP contribution in [-0.2, 0) is 4.79 Å². The zero-order chi connectivity index (χ0) is 15.6. The quantitative estimate of drug-likeness (QED) is 0.773. The highest BCUT2D eigenvalue weighted by molar-refractivity contribution is 6.22. The van der Waals surface area contributed by atoms with Crippen molar-refractivity contribution in [2.45, 2.75) is 32.4 Å². The predicted molar refractivity (Wildman–Crippen MR) is 77.7 cm³/mol. The first-order valence-corrected chi connectivity index (χ1v) is 6.98. The van der Waals surface area contributed by atoms with E-state index >= 15 is 0 Å². The van der Waals surface area contributed by atoms with Gasteiger partial charge in [0.15, 0.2) is 0 Å². The van der Waals surface area contributed by atoms with Crippen molar-refractivity contribution in [2.75, 3.05) is 6.54 Å². The molecule has 1 heterocycles. The van der Waals surface area contributed by atoms with Crippen molar-refractivity contribution in [3.8, 4) is 0 Å². The zero-order valence-electron chi connectivity index (χ0n) is 12.1. The van der Waals surface area contributed by atoms with E-state index < -0.39 is 17.9 Å². The molecule has 0 aromatic heterocycles. The minimum atomic E-state index is -0.863. The summed E-state index contributed by atoms with van der Waals surface area (Å²) in [5.74, 6) is -1.24. The predicted octanol–water partition coefficient (Wildman–Crippen LogP) is 0.525. The van der Waals surface area contributed by atoms with Crippen LogP contribution in [0.25, 0.3) is 0 Å². The number of benzene rings is 1. The molecule has 3 amide bonds. The van der Waals surface area contributed by atoms with Gasteiger partial charge in [0.05, 0.1) is 11.1 Å². The van der Waals surface area contributed by atoms with E-state index in [0.717, 1.165) is 4.90 Å². The zero-order valence-corrected chi connectivity index (χ0v) is 12.1. The molecule has 2 rings (SSSR count). The first kappa shape index (κ1) is 15.2. The van der Waals surface area contributed by atoms with Crippen molar-refractivity contribution in [2.24, 2.45) is 5.73 Å². The van der Waals surface area contributed by atoms with Gasteiger partial charge in [0.1, 0.15) is 6.04 Å². The van der Waals surface area contributed by atoms with E-state index in [9.17, 15) is 14.4 Å². The standard InChI is InChI=1S/C15H19N3O3/c1-3-10(8-16)17-13(19)9(2)18-14(20)11-6-4-5-7-12(11)15(18)21/h4-7,9-10H,3,8,16H2,1-2H3,(H,17,19). The number of carbonyl (C=O) groups is 3. The number of amides is 3. The Hall–Kier alpha value is -2.21. The van der Waals surface area contributed by atoms with Crippen LogP contribution >= 0.6 is 0 Å². The highest BCUT2D eigenvalue weighted by Gasteiger charge is 2.40. The van der Waals surface area contributed by atoms with Crippen molar-refractivity contribution < 1.29 is 14.4 Å². The number of fused-ring (bicyclic) bond motifs is 1. The summed E-state index contributed by atoms with van der Waals surface area (Å²) in [5, 5.41) is 2.75. The SMILES string of the molecule is CCC(CN)NC(=O)C(C)N1C(=O)c2ccccc2C1=O. The topological polar surface area (TPSA) is 92.5 Å². The Labute approximate surface area is 123 Å². The summed E-state index contributed by atoms with van der Waals surface area (Å²) in [6.07, 6.45) is 0.692. The van der Waals surface area contributed by atoms with Gasteiger partial charge in [-0.25, -0.2) is 0 Å². The Bertz CT molecular complexity index is 546. The molecule has 2 atom stereocenters. The first-order chi connectivity index (χ1) is 10.0. The molecule has 0 aliphatic carbocycles. The largest absolute Gasteiger partial charge is 0.350 e. The fourth-order valence-electron chi connectivity index (χ4n) is 2.33. The van der Waals surface area contributed by atoms with Crippen LogP contribution in [0.1, 0.15) is 41.0 Å². The molecule has 0 fully saturated rings. The van der Waals surface area contributed by atoms with E-state index in [1.807, 2.05) is 6.92 Å². The third kappa shape index (κ3) is 2.67. The van der Waals surface area contributed by atoms with E-state index in [1.54, 1.807) is 31.2 Å². The Balaban J connectivity index is 2.18. The average molecular weight is 289 g/mol. The summed E-state index contributed by atoms with van der Waals surface area (Å²) in [6.45, 7) is 3.77. The fraction of sp³-hybridized carbons (Fsp3) is 0.400. The van der Waals surface area contributed by atoms with E-state index in [-0.39, 0.29) is 11.9 Å². The molecule has 21 heavy (non-hydrogen) atoms. The second kappa shape index (κ2) is 6.05. The summed E-state index contributed by atoms with van der Waals surface area (Å²) in [6, 6.07) is 5.55. The average Bonchev–Trinajstić information content (AvgIpc) is 2.76. The van der Waals surface area contributed by atoms with Crippen molar-refractivity contribution in [1.29, 1.82) is 0 Å². The van der Waals surface area contributed by atoms with Gasteiger partial charge in [0.2, 0.25) is 5.91 Å². The Morgan fingerprint density at radius 2 is 1.76 bits per heavy atom. The number of nitrogens with two attached hydrogens (primary N) is 1. The molecule has 0 saturated heterocycles. The van der Waals surface area contributed by atoms with E-state index in [4.69, 9.17) is 5.73 Å². The molecule has 2 unspecified atom stereocenters. The lowest BCUT2D eigenvalue weighted by Crippen LogP contribution is -2.51. The maximum absolute atomic E-state index is 12.3. The van der Waals surface area contributed by atoms with Crippen molar-refractivity contribution in [3.63, 3.8) is 0 Å². The summed E-state index contributed by atoms with van der Waals surface area (Å²) < 4.78 is 0. The summed E-state index contributed by atoms with van der Waals surface area (Å²) in [7, 11) is 0. The number of rotatable bonds is 5. The number of carbonyl (C=O) groups excluding carboxylic acids is 3. The molecule has 0 bridgehead atoms. The maximum Gasteiger partial charge on any atom is 0.262 e. The van der Waals surface area contributed by atoms with Crippen LogP contribution in [0, 0.1) is 0 Å². The fourth-order valence-corrected chi connectivity index (χ4v) is 2.33. The minimum absolute atomic E-state index is 0.157. The molecule has 1 aromatic rings. The minimum Gasteiger partial charge on any atom is -0.350 e. The van der Waals surface area contributed by atoms with E-state index in [2.05, 4.69) is 5.32 Å². The third-order valence-corrected chi connectivity index (χ3v) is 3.72. The molecule has 0 radical (unpaired) electrons. The lowest BCUT2D eigenvalue weighted by atomic mass is 10.1. The maximum atomic E-state index is 12.3. The van der Waals surface area contributed by atoms with E-state index in [0.29, 0.717) is 24.1 Å². The van der Waals surface area contributed by atoms with Gasteiger partial charge in [-0.3, -0.25) is 19.3 Å². The van der Waals surface area contributed by atoms with Crippen LogP contribution in [0.3, 0.4) is 0 Å².